The summed E-state index contributed by atoms with van der Waals surface area (Å²) in [5.74, 6) is -1.87. The molecule has 0 radical (unpaired) electrons. The maximum absolute atomic E-state index is 12.8. The highest BCUT2D eigenvalue weighted by atomic mass is 19.4. The summed E-state index contributed by atoms with van der Waals surface area (Å²) in [5.41, 5.74) is 0.811. The van der Waals surface area contributed by atoms with Crippen LogP contribution in [-0.4, -0.2) is 17.0 Å². The number of anilines is 1. The minimum absolute atomic E-state index is 0.153. The van der Waals surface area contributed by atoms with Crippen LogP contribution in [0.15, 0.2) is 48.5 Å². The first-order valence-electron chi connectivity index (χ1n) is 8.03. The Hall–Kier alpha value is -2.83. The number of alkyl halides is 3. The van der Waals surface area contributed by atoms with Crippen molar-refractivity contribution >= 4 is 17.6 Å². The van der Waals surface area contributed by atoms with Gasteiger partial charge in [0.2, 0.25) is 5.91 Å². The molecule has 2 N–H and O–H groups in total. The lowest BCUT2D eigenvalue weighted by Crippen LogP contribution is -2.15. The fraction of sp³-hybridized carbons (Fsp3) is 0.263. The molecule has 2 aromatic carbocycles. The summed E-state index contributed by atoms with van der Waals surface area (Å²) in [6.07, 6.45) is -4.07. The SMILES string of the molecule is O=C(O)Cc1cccc(NC(=O)C2CC2c2cccc(C(F)(F)F)c2)c1. The third-order valence-electron chi connectivity index (χ3n) is 4.32. The van der Waals surface area contributed by atoms with E-state index < -0.39 is 17.7 Å². The van der Waals surface area contributed by atoms with Crippen LogP contribution in [0.2, 0.25) is 0 Å². The van der Waals surface area contributed by atoms with Crippen molar-refractivity contribution in [2.24, 2.45) is 5.92 Å². The number of carboxylic acids is 1. The van der Waals surface area contributed by atoms with Gasteiger partial charge in [0.1, 0.15) is 0 Å². The van der Waals surface area contributed by atoms with Gasteiger partial charge in [-0.15, -0.1) is 0 Å². The summed E-state index contributed by atoms with van der Waals surface area (Å²) in [7, 11) is 0. The molecular formula is C19H16F3NO3. The second-order valence-electron chi connectivity index (χ2n) is 6.33. The third kappa shape index (κ3) is 4.22. The van der Waals surface area contributed by atoms with E-state index in [1.807, 2.05) is 0 Å². The van der Waals surface area contributed by atoms with Crippen molar-refractivity contribution in [1.82, 2.24) is 0 Å². The highest BCUT2D eigenvalue weighted by Crippen LogP contribution is 2.48. The highest BCUT2D eigenvalue weighted by molar-refractivity contribution is 5.95. The molecule has 0 heterocycles. The number of carboxylic acid groups (broad SMARTS) is 1. The Morgan fingerprint density at radius 1 is 1.12 bits per heavy atom. The number of hydrogen-bond donors (Lipinski definition) is 2. The zero-order valence-corrected chi connectivity index (χ0v) is 13.6. The molecule has 2 aromatic rings. The minimum Gasteiger partial charge on any atom is -0.481 e. The quantitative estimate of drug-likeness (QED) is 0.841. The van der Waals surface area contributed by atoms with Crippen molar-refractivity contribution < 1.29 is 27.9 Å². The molecule has 0 aliphatic heterocycles. The first-order chi connectivity index (χ1) is 12.2. The van der Waals surface area contributed by atoms with E-state index in [1.54, 1.807) is 30.3 Å². The summed E-state index contributed by atoms with van der Waals surface area (Å²) < 4.78 is 38.4. The van der Waals surface area contributed by atoms with Crippen molar-refractivity contribution in [2.45, 2.75) is 24.9 Å². The van der Waals surface area contributed by atoms with Crippen molar-refractivity contribution in [3.8, 4) is 0 Å². The Bertz CT molecular complexity index is 848. The number of carbonyl (C=O) groups excluding carboxylic acids is 1. The standard InChI is InChI=1S/C19H16F3NO3/c20-19(21,22)13-5-2-4-12(9-13)15-10-16(15)18(26)23-14-6-1-3-11(7-14)8-17(24)25/h1-7,9,15-16H,8,10H2,(H,23,26)(H,24,25). The Kier molecular flexibility index (Phi) is 4.71. The molecule has 0 spiro atoms. The van der Waals surface area contributed by atoms with Gasteiger partial charge in [-0.25, -0.2) is 0 Å². The van der Waals surface area contributed by atoms with E-state index in [0.29, 0.717) is 23.2 Å². The van der Waals surface area contributed by atoms with Crippen LogP contribution in [-0.2, 0) is 22.2 Å². The molecular weight excluding hydrogens is 347 g/mol. The van der Waals surface area contributed by atoms with E-state index in [-0.39, 0.29) is 24.2 Å². The van der Waals surface area contributed by atoms with Crippen molar-refractivity contribution in [3.63, 3.8) is 0 Å². The maximum Gasteiger partial charge on any atom is 0.416 e. The van der Waals surface area contributed by atoms with Crippen LogP contribution in [0.1, 0.15) is 29.0 Å². The van der Waals surface area contributed by atoms with Crippen LogP contribution < -0.4 is 5.32 Å². The molecule has 0 saturated heterocycles. The lowest BCUT2D eigenvalue weighted by Gasteiger charge is -2.09. The molecule has 1 saturated carbocycles. The van der Waals surface area contributed by atoms with Crippen LogP contribution in [0.4, 0.5) is 18.9 Å². The Balaban J connectivity index is 1.66. The number of hydrogen-bond acceptors (Lipinski definition) is 2. The first-order valence-corrected chi connectivity index (χ1v) is 8.03. The minimum atomic E-state index is -4.41. The molecule has 136 valence electrons. The van der Waals surface area contributed by atoms with E-state index in [4.69, 9.17) is 5.11 Å². The number of aliphatic carboxylic acids is 1. The van der Waals surface area contributed by atoms with Gasteiger partial charge in [-0.1, -0.05) is 30.3 Å². The summed E-state index contributed by atoms with van der Waals surface area (Å²) >= 11 is 0. The van der Waals surface area contributed by atoms with Gasteiger partial charge in [0.25, 0.3) is 0 Å². The molecule has 1 fully saturated rings. The van der Waals surface area contributed by atoms with Crippen LogP contribution in [0, 0.1) is 5.92 Å². The van der Waals surface area contributed by atoms with Gasteiger partial charge < -0.3 is 10.4 Å². The average Bonchev–Trinajstić information content (AvgIpc) is 3.34. The fourth-order valence-electron chi connectivity index (χ4n) is 2.97. The molecule has 1 aliphatic carbocycles. The topological polar surface area (TPSA) is 66.4 Å². The van der Waals surface area contributed by atoms with Crippen molar-refractivity contribution in [3.05, 3.63) is 65.2 Å². The van der Waals surface area contributed by atoms with Crippen molar-refractivity contribution in [1.29, 1.82) is 0 Å². The number of benzene rings is 2. The smallest absolute Gasteiger partial charge is 0.416 e. The van der Waals surface area contributed by atoms with Gasteiger partial charge in [-0.2, -0.15) is 13.2 Å². The predicted molar refractivity (Wildman–Crippen MR) is 88.7 cm³/mol. The number of carbonyl (C=O) groups is 2. The van der Waals surface area contributed by atoms with Gasteiger partial charge in [-0.3, -0.25) is 9.59 Å². The molecule has 2 unspecified atom stereocenters. The lowest BCUT2D eigenvalue weighted by atomic mass is 10.1. The summed E-state index contributed by atoms with van der Waals surface area (Å²) in [4.78, 5) is 23.1. The lowest BCUT2D eigenvalue weighted by molar-refractivity contribution is -0.138. The van der Waals surface area contributed by atoms with E-state index in [2.05, 4.69) is 5.32 Å². The van der Waals surface area contributed by atoms with Gasteiger partial charge in [0, 0.05) is 11.6 Å². The van der Waals surface area contributed by atoms with Gasteiger partial charge >= 0.3 is 12.1 Å². The van der Waals surface area contributed by atoms with E-state index >= 15 is 0 Å². The third-order valence-corrected chi connectivity index (χ3v) is 4.32. The summed E-state index contributed by atoms with van der Waals surface area (Å²) in [6, 6.07) is 11.6. The number of halogens is 3. The maximum atomic E-state index is 12.8. The Labute approximate surface area is 147 Å². The van der Waals surface area contributed by atoms with E-state index in [0.717, 1.165) is 12.1 Å². The Morgan fingerprint density at radius 3 is 2.54 bits per heavy atom. The second-order valence-corrected chi connectivity index (χ2v) is 6.33. The van der Waals surface area contributed by atoms with Crippen molar-refractivity contribution in [2.75, 3.05) is 5.32 Å². The van der Waals surface area contributed by atoms with Gasteiger partial charge in [0.05, 0.1) is 12.0 Å². The van der Waals surface area contributed by atoms with Crippen LogP contribution in [0.3, 0.4) is 0 Å². The zero-order chi connectivity index (χ0) is 18.9. The summed E-state index contributed by atoms with van der Waals surface area (Å²) in [6.45, 7) is 0. The zero-order valence-electron chi connectivity index (χ0n) is 13.6. The average molecular weight is 363 g/mol. The molecule has 1 aliphatic rings. The van der Waals surface area contributed by atoms with Crippen LogP contribution in [0.5, 0.6) is 0 Å². The number of rotatable bonds is 5. The highest BCUT2D eigenvalue weighted by Gasteiger charge is 2.44. The molecule has 0 aromatic heterocycles. The number of nitrogens with one attached hydrogen (secondary N) is 1. The van der Waals surface area contributed by atoms with E-state index in [1.165, 1.54) is 6.07 Å². The molecule has 26 heavy (non-hydrogen) atoms. The fourth-order valence-corrected chi connectivity index (χ4v) is 2.97. The molecule has 3 rings (SSSR count). The molecule has 7 heteroatoms. The van der Waals surface area contributed by atoms with E-state index in [9.17, 15) is 22.8 Å². The largest absolute Gasteiger partial charge is 0.481 e. The molecule has 1 amide bonds. The number of amides is 1. The normalized spacial score (nSPS) is 19.0. The van der Waals surface area contributed by atoms with Gasteiger partial charge in [0.15, 0.2) is 0 Å². The second kappa shape index (κ2) is 6.82. The van der Waals surface area contributed by atoms with Crippen LogP contribution >= 0.6 is 0 Å². The molecule has 4 nitrogen and oxygen atoms in total. The molecule has 2 atom stereocenters. The first kappa shape index (κ1) is 18.0. The van der Waals surface area contributed by atoms with Crippen LogP contribution in [0.25, 0.3) is 0 Å². The Morgan fingerprint density at radius 2 is 1.85 bits per heavy atom. The predicted octanol–water partition coefficient (Wildman–Crippen LogP) is 4.07. The molecule has 0 bridgehead atoms. The van der Waals surface area contributed by atoms with Gasteiger partial charge in [-0.05, 0) is 41.7 Å². The monoisotopic (exact) mass is 363 g/mol. The summed E-state index contributed by atoms with van der Waals surface area (Å²) in [5, 5.41) is 11.5.